The minimum atomic E-state index is -4.30. The molecule has 0 aromatic carbocycles. The molecule has 8 nitrogen and oxygen atoms in total. The number of phosphoric acid groups is 1. The Balaban J connectivity index is 3.97. The monoisotopic (exact) mass is 970 g/mol. The van der Waals surface area contributed by atoms with Crippen LogP contribution in [0.5, 0.6) is 0 Å². The molecule has 0 aliphatic rings. The van der Waals surface area contributed by atoms with Gasteiger partial charge in [-0.05, 0) is 96.3 Å². The first-order valence-electron chi connectivity index (χ1n) is 27.7. The number of carbonyl (C=O) groups excluding carboxylic acids is 1. The van der Waals surface area contributed by atoms with Crippen LogP contribution in [0.1, 0.15) is 232 Å². The van der Waals surface area contributed by atoms with Crippen LogP contribution in [-0.2, 0) is 27.9 Å². The lowest BCUT2D eigenvalue weighted by Crippen LogP contribution is -2.28. The van der Waals surface area contributed by atoms with Crippen molar-refractivity contribution in [2.75, 3.05) is 33.0 Å². The van der Waals surface area contributed by atoms with Gasteiger partial charge in [0.1, 0.15) is 6.10 Å². The summed E-state index contributed by atoms with van der Waals surface area (Å²) in [5.74, 6) is -0.355. The van der Waals surface area contributed by atoms with Gasteiger partial charge in [0.2, 0.25) is 0 Å². The second kappa shape index (κ2) is 55.3. The van der Waals surface area contributed by atoms with Crippen molar-refractivity contribution < 1.29 is 32.8 Å². The van der Waals surface area contributed by atoms with Crippen LogP contribution in [0.3, 0.4) is 0 Å². The highest BCUT2D eigenvalue weighted by molar-refractivity contribution is 7.47. The summed E-state index contributed by atoms with van der Waals surface area (Å²) in [4.78, 5) is 22.6. The zero-order chi connectivity index (χ0) is 49.4. The fourth-order valence-electron chi connectivity index (χ4n) is 7.44. The summed E-state index contributed by atoms with van der Waals surface area (Å²) < 4.78 is 33.6. The summed E-state index contributed by atoms with van der Waals surface area (Å²) in [6.07, 6.45) is 74.5. The van der Waals surface area contributed by atoms with E-state index in [1.807, 2.05) is 0 Å². The van der Waals surface area contributed by atoms with Crippen LogP contribution >= 0.6 is 7.82 Å². The highest BCUT2D eigenvalue weighted by atomic mass is 31.2. The number of hydrogen-bond donors (Lipinski definition) is 2. The van der Waals surface area contributed by atoms with Crippen LogP contribution in [0.4, 0.5) is 0 Å². The maximum absolute atomic E-state index is 12.7. The number of unbranched alkanes of at least 4 members (excludes halogenated alkanes) is 23. The van der Waals surface area contributed by atoms with Gasteiger partial charge in [-0.3, -0.25) is 13.8 Å². The molecule has 3 N–H and O–H groups in total. The number of rotatable bonds is 52. The van der Waals surface area contributed by atoms with Gasteiger partial charge in [0, 0.05) is 19.6 Å². The first-order valence-corrected chi connectivity index (χ1v) is 29.2. The predicted molar refractivity (Wildman–Crippen MR) is 293 cm³/mol. The topological polar surface area (TPSA) is 117 Å². The van der Waals surface area contributed by atoms with Gasteiger partial charge in [-0.15, -0.1) is 0 Å². The highest BCUT2D eigenvalue weighted by Gasteiger charge is 2.25. The molecule has 392 valence electrons. The second-order valence-corrected chi connectivity index (χ2v) is 19.5. The third kappa shape index (κ3) is 54.4. The van der Waals surface area contributed by atoms with Gasteiger partial charge in [-0.1, -0.05) is 227 Å². The fraction of sp³-hybridized carbons (Fsp3) is 0.712. The van der Waals surface area contributed by atoms with E-state index in [1.165, 1.54) is 122 Å². The van der Waals surface area contributed by atoms with Gasteiger partial charge in [-0.2, -0.15) is 0 Å². The molecule has 0 bridgehead atoms. The zero-order valence-electron chi connectivity index (χ0n) is 43.8. The first kappa shape index (κ1) is 65.4. The Bertz CT molecular complexity index is 1370. The predicted octanol–water partition coefficient (Wildman–Crippen LogP) is 17.8. The van der Waals surface area contributed by atoms with E-state index in [4.69, 9.17) is 24.3 Å². The molecule has 0 aromatic rings. The van der Waals surface area contributed by atoms with E-state index in [0.29, 0.717) is 6.61 Å². The summed E-state index contributed by atoms with van der Waals surface area (Å²) in [6.45, 7) is 4.77. The smallest absolute Gasteiger partial charge is 0.457 e. The molecule has 0 amide bonds. The lowest BCUT2D eigenvalue weighted by molar-refractivity contribution is -0.154. The van der Waals surface area contributed by atoms with E-state index in [0.717, 1.165) is 89.9 Å². The number of ether oxygens (including phenoxy) is 2. The van der Waals surface area contributed by atoms with E-state index in [9.17, 15) is 14.3 Å². The zero-order valence-corrected chi connectivity index (χ0v) is 44.7. The summed E-state index contributed by atoms with van der Waals surface area (Å²) >= 11 is 0. The number of allylic oxidation sites excluding steroid dienone is 16. The molecule has 0 aliphatic carbocycles. The fourth-order valence-corrected chi connectivity index (χ4v) is 8.21. The molecule has 0 saturated carbocycles. The molecule has 0 fully saturated rings. The maximum atomic E-state index is 12.7. The minimum Gasteiger partial charge on any atom is -0.457 e. The Morgan fingerprint density at radius 2 is 0.824 bits per heavy atom. The molecular formula is C59H104NO7P. The Labute approximate surface area is 419 Å². The molecule has 68 heavy (non-hydrogen) atoms. The van der Waals surface area contributed by atoms with Crippen LogP contribution in [0.2, 0.25) is 0 Å². The third-order valence-electron chi connectivity index (χ3n) is 11.5. The third-order valence-corrected chi connectivity index (χ3v) is 12.5. The highest BCUT2D eigenvalue weighted by Crippen LogP contribution is 2.43. The Morgan fingerprint density at radius 3 is 1.24 bits per heavy atom. The molecule has 0 saturated heterocycles. The average molecular weight is 970 g/mol. The first-order chi connectivity index (χ1) is 33.4. The van der Waals surface area contributed by atoms with Crippen LogP contribution in [0.25, 0.3) is 0 Å². The van der Waals surface area contributed by atoms with Crippen molar-refractivity contribution in [2.45, 2.75) is 238 Å². The average Bonchev–Trinajstić information content (AvgIpc) is 3.33. The molecule has 0 radical (unpaired) electrons. The van der Waals surface area contributed by atoms with E-state index in [1.54, 1.807) is 0 Å². The molecule has 2 unspecified atom stereocenters. The molecular weight excluding hydrogens is 866 g/mol. The van der Waals surface area contributed by atoms with E-state index < -0.39 is 13.9 Å². The number of nitrogens with two attached hydrogens (primary N) is 1. The van der Waals surface area contributed by atoms with Crippen LogP contribution in [0.15, 0.2) is 97.2 Å². The van der Waals surface area contributed by atoms with E-state index in [2.05, 4.69) is 111 Å². The van der Waals surface area contributed by atoms with Gasteiger partial charge in [0.15, 0.2) is 0 Å². The lowest BCUT2D eigenvalue weighted by atomic mass is 10.0. The number of esters is 1. The van der Waals surface area contributed by atoms with Crippen molar-refractivity contribution in [3.05, 3.63) is 97.2 Å². The molecule has 0 aliphatic heterocycles. The van der Waals surface area contributed by atoms with Crippen molar-refractivity contribution in [3.8, 4) is 0 Å². The summed E-state index contributed by atoms with van der Waals surface area (Å²) in [7, 11) is -4.30. The Hall–Kier alpha value is -2.58. The van der Waals surface area contributed by atoms with Crippen molar-refractivity contribution in [1.82, 2.24) is 0 Å². The summed E-state index contributed by atoms with van der Waals surface area (Å²) in [6, 6.07) is 0. The van der Waals surface area contributed by atoms with Gasteiger partial charge in [0.25, 0.3) is 0 Å². The van der Waals surface area contributed by atoms with Gasteiger partial charge in [0.05, 0.1) is 19.8 Å². The van der Waals surface area contributed by atoms with Crippen LogP contribution < -0.4 is 5.73 Å². The number of hydrogen-bond acceptors (Lipinski definition) is 7. The van der Waals surface area contributed by atoms with E-state index in [-0.39, 0.29) is 38.8 Å². The SMILES string of the molecule is CC/C=C\C/C=C\C/C=C\C/C=C\C/C=C\C/C=C\CCCCCCC(=O)OC(COCCCCCCCCCCCCCCCC/C=C\C/C=C\CCCCCCC)COP(=O)(O)OCCN. The van der Waals surface area contributed by atoms with Crippen molar-refractivity contribution in [2.24, 2.45) is 5.73 Å². The Morgan fingerprint density at radius 1 is 0.456 bits per heavy atom. The molecule has 0 rings (SSSR count). The van der Waals surface area contributed by atoms with Crippen molar-refractivity contribution in [3.63, 3.8) is 0 Å². The van der Waals surface area contributed by atoms with Gasteiger partial charge in [-0.25, -0.2) is 4.57 Å². The molecule has 0 heterocycles. The lowest BCUT2D eigenvalue weighted by Gasteiger charge is -2.20. The second-order valence-electron chi connectivity index (χ2n) is 18.1. The van der Waals surface area contributed by atoms with Crippen molar-refractivity contribution >= 4 is 13.8 Å². The molecule has 0 aromatic heterocycles. The van der Waals surface area contributed by atoms with Gasteiger partial charge < -0.3 is 20.1 Å². The van der Waals surface area contributed by atoms with Gasteiger partial charge >= 0.3 is 13.8 Å². The normalized spacial score (nSPS) is 14.0. The van der Waals surface area contributed by atoms with Crippen molar-refractivity contribution in [1.29, 1.82) is 0 Å². The van der Waals surface area contributed by atoms with E-state index >= 15 is 0 Å². The quantitative estimate of drug-likeness (QED) is 0.0268. The Kier molecular flexibility index (Phi) is 53.2. The van der Waals surface area contributed by atoms with Crippen LogP contribution in [0, 0.1) is 0 Å². The number of phosphoric ester groups is 1. The summed E-state index contributed by atoms with van der Waals surface area (Å²) in [5.41, 5.74) is 5.40. The largest absolute Gasteiger partial charge is 0.472 e. The minimum absolute atomic E-state index is 0.0911. The standard InChI is InChI=1S/C59H104NO7P/c1-3-5-7-9-11-13-15-17-19-21-23-25-27-28-29-31-33-35-37-39-41-43-45-47-49-51-54-64-56-58(57-66-68(62,63)65-55-53-60)67-59(61)52-50-48-46-44-42-40-38-36-34-32-30-26-24-22-20-18-16-14-12-10-8-6-4-2/h6,8,12,14-15,17-18,20-21,23-24,26,32,34,38,40,58H,3-5,7,9-11,13,16,19,22,25,27-31,33,35-37,39,41-57,60H2,1-2H3,(H,62,63)/b8-6-,14-12-,17-15-,20-18-,23-21-,26-24-,34-32-,40-38-. The van der Waals surface area contributed by atoms with Crippen LogP contribution in [-0.4, -0.2) is 49.9 Å². The molecule has 9 heteroatoms. The molecule has 2 atom stereocenters. The molecule has 0 spiro atoms. The number of carbonyl (C=O) groups is 1. The summed E-state index contributed by atoms with van der Waals surface area (Å²) in [5, 5.41) is 0. The maximum Gasteiger partial charge on any atom is 0.472 e.